The van der Waals surface area contributed by atoms with Gasteiger partial charge < -0.3 is 14.2 Å². The second kappa shape index (κ2) is 11.2. The van der Waals surface area contributed by atoms with Crippen molar-refractivity contribution in [3.63, 3.8) is 0 Å². The molecule has 3 nitrogen and oxygen atoms in total. The Balaban J connectivity index is 2.73. The molecule has 0 heterocycles. The molecule has 0 saturated heterocycles. The van der Waals surface area contributed by atoms with Crippen LogP contribution in [0.2, 0.25) is 0 Å². The lowest BCUT2D eigenvalue weighted by Gasteiger charge is -2.03. The summed E-state index contributed by atoms with van der Waals surface area (Å²) in [6.45, 7) is 3.56. The summed E-state index contributed by atoms with van der Waals surface area (Å²) in [5.41, 5.74) is 0. The monoisotopic (exact) mass is 194 g/mol. The summed E-state index contributed by atoms with van der Waals surface area (Å²) in [7, 11) is 1.67. The van der Waals surface area contributed by atoms with Gasteiger partial charge in [0.05, 0.1) is 19.8 Å². The Morgan fingerprint density at radius 2 is 1.58 bits per heavy atom. The van der Waals surface area contributed by atoms with E-state index < -0.39 is 0 Å². The molecule has 0 spiro atoms. The number of rotatable bonds is 9. The maximum atomic E-state index is 5.23. The topological polar surface area (TPSA) is 27.7 Å². The summed E-state index contributed by atoms with van der Waals surface area (Å²) in [5.74, 6) is 0.782. The molecule has 0 N–H and O–H groups in total. The molecule has 74 valence electrons. The molecule has 0 atom stereocenters. The van der Waals surface area contributed by atoms with Gasteiger partial charge in [-0.2, -0.15) is 12.6 Å². The Morgan fingerprint density at radius 1 is 0.917 bits per heavy atom. The molecule has 0 fully saturated rings. The first-order valence-corrected chi connectivity index (χ1v) is 4.80. The molecule has 0 bridgehead atoms. The lowest BCUT2D eigenvalue weighted by atomic mass is 10.5. The molecule has 0 aromatic rings. The van der Waals surface area contributed by atoms with Gasteiger partial charge >= 0.3 is 0 Å². The molecule has 0 aromatic heterocycles. The quantitative estimate of drug-likeness (QED) is 0.438. The van der Waals surface area contributed by atoms with E-state index in [1.165, 1.54) is 0 Å². The minimum atomic E-state index is 0.664. The fourth-order valence-corrected chi connectivity index (χ4v) is 0.803. The van der Waals surface area contributed by atoms with Gasteiger partial charge in [-0.3, -0.25) is 0 Å². The van der Waals surface area contributed by atoms with Crippen molar-refractivity contribution in [2.24, 2.45) is 0 Å². The van der Waals surface area contributed by atoms with Crippen molar-refractivity contribution < 1.29 is 14.2 Å². The predicted octanol–water partition coefficient (Wildman–Crippen LogP) is 0.986. The summed E-state index contributed by atoms with van der Waals surface area (Å²) in [5, 5.41) is 0. The van der Waals surface area contributed by atoms with Crippen molar-refractivity contribution in [2.45, 2.75) is 6.42 Å². The Labute approximate surface area is 79.8 Å². The third-order valence-corrected chi connectivity index (χ3v) is 1.43. The highest BCUT2D eigenvalue weighted by Crippen LogP contribution is 1.86. The van der Waals surface area contributed by atoms with Crippen LogP contribution in [-0.4, -0.2) is 45.9 Å². The van der Waals surface area contributed by atoms with E-state index in [1.807, 2.05) is 0 Å². The van der Waals surface area contributed by atoms with Gasteiger partial charge in [0.1, 0.15) is 0 Å². The van der Waals surface area contributed by atoms with Crippen LogP contribution in [0.3, 0.4) is 0 Å². The Hall–Kier alpha value is 0.230. The van der Waals surface area contributed by atoms with E-state index in [2.05, 4.69) is 12.6 Å². The van der Waals surface area contributed by atoms with Crippen LogP contribution in [0, 0.1) is 0 Å². The fraction of sp³-hybridized carbons (Fsp3) is 1.00. The Bertz CT molecular complexity index is 70.7. The maximum absolute atomic E-state index is 5.23. The Morgan fingerprint density at radius 3 is 2.17 bits per heavy atom. The minimum absolute atomic E-state index is 0.664. The highest BCUT2D eigenvalue weighted by atomic mass is 32.1. The van der Waals surface area contributed by atoms with Crippen LogP contribution in [0.1, 0.15) is 6.42 Å². The molecule has 0 saturated carbocycles. The van der Waals surface area contributed by atoms with Crippen LogP contribution in [0.15, 0.2) is 0 Å². The van der Waals surface area contributed by atoms with E-state index in [1.54, 1.807) is 7.11 Å². The van der Waals surface area contributed by atoms with Crippen molar-refractivity contribution in [3.8, 4) is 0 Å². The van der Waals surface area contributed by atoms with Gasteiger partial charge in [-0.05, 0) is 6.42 Å². The molecule has 0 aromatic carbocycles. The largest absolute Gasteiger partial charge is 0.382 e. The van der Waals surface area contributed by atoms with Crippen molar-refractivity contribution >= 4 is 12.6 Å². The second-order valence-corrected chi connectivity index (χ2v) is 2.74. The highest BCUT2D eigenvalue weighted by Gasteiger charge is 1.89. The summed E-state index contributed by atoms with van der Waals surface area (Å²) >= 11 is 4.02. The van der Waals surface area contributed by atoms with Gasteiger partial charge in [0.25, 0.3) is 0 Å². The minimum Gasteiger partial charge on any atom is -0.382 e. The van der Waals surface area contributed by atoms with Gasteiger partial charge in [0.2, 0.25) is 0 Å². The number of hydrogen-bond acceptors (Lipinski definition) is 4. The molecule has 0 aliphatic carbocycles. The lowest BCUT2D eigenvalue weighted by molar-refractivity contribution is 0.0537. The van der Waals surface area contributed by atoms with Crippen molar-refractivity contribution in [1.29, 1.82) is 0 Å². The average molecular weight is 194 g/mol. The van der Waals surface area contributed by atoms with E-state index in [0.717, 1.165) is 32.0 Å². The molecular weight excluding hydrogens is 176 g/mol. The van der Waals surface area contributed by atoms with E-state index in [-0.39, 0.29) is 0 Å². The summed E-state index contributed by atoms with van der Waals surface area (Å²) < 4.78 is 15.3. The van der Waals surface area contributed by atoms with Crippen LogP contribution >= 0.6 is 12.6 Å². The number of ether oxygens (including phenoxy) is 3. The van der Waals surface area contributed by atoms with Gasteiger partial charge in [0, 0.05) is 26.1 Å². The van der Waals surface area contributed by atoms with Crippen molar-refractivity contribution in [1.82, 2.24) is 0 Å². The van der Waals surface area contributed by atoms with E-state index in [4.69, 9.17) is 14.2 Å². The van der Waals surface area contributed by atoms with Crippen LogP contribution in [0.25, 0.3) is 0 Å². The molecule has 0 aliphatic rings. The highest BCUT2D eigenvalue weighted by molar-refractivity contribution is 7.80. The van der Waals surface area contributed by atoms with Crippen LogP contribution in [0.5, 0.6) is 0 Å². The van der Waals surface area contributed by atoms with Crippen LogP contribution < -0.4 is 0 Å². The smallest absolute Gasteiger partial charge is 0.0700 e. The van der Waals surface area contributed by atoms with Crippen molar-refractivity contribution in [3.05, 3.63) is 0 Å². The number of methoxy groups -OCH3 is 1. The first-order valence-electron chi connectivity index (χ1n) is 4.17. The first kappa shape index (κ1) is 12.2. The van der Waals surface area contributed by atoms with Crippen molar-refractivity contribution in [2.75, 3.05) is 45.9 Å². The zero-order chi connectivity index (χ0) is 9.07. The average Bonchev–Trinajstić information content (AvgIpc) is 2.10. The lowest BCUT2D eigenvalue weighted by Crippen LogP contribution is -2.06. The van der Waals surface area contributed by atoms with Crippen LogP contribution in [0.4, 0.5) is 0 Å². The predicted molar refractivity (Wildman–Crippen MR) is 52.0 cm³/mol. The SMILES string of the molecule is COCCOCCCOCCS. The van der Waals surface area contributed by atoms with Gasteiger partial charge in [0.15, 0.2) is 0 Å². The second-order valence-electron chi connectivity index (χ2n) is 2.29. The van der Waals surface area contributed by atoms with Gasteiger partial charge in [-0.1, -0.05) is 0 Å². The molecular formula is C8H18O3S. The molecule has 12 heavy (non-hydrogen) atoms. The van der Waals surface area contributed by atoms with Gasteiger partial charge in [-0.15, -0.1) is 0 Å². The summed E-state index contributed by atoms with van der Waals surface area (Å²) in [4.78, 5) is 0. The van der Waals surface area contributed by atoms with E-state index in [9.17, 15) is 0 Å². The fourth-order valence-electron chi connectivity index (χ4n) is 0.674. The molecule has 0 radical (unpaired) electrons. The molecule has 0 aliphatic heterocycles. The molecule has 0 rings (SSSR count). The normalized spacial score (nSPS) is 10.5. The Kier molecular flexibility index (Phi) is 11.4. The first-order chi connectivity index (χ1) is 5.91. The summed E-state index contributed by atoms with van der Waals surface area (Å²) in [6, 6.07) is 0. The van der Waals surface area contributed by atoms with Crippen LogP contribution in [-0.2, 0) is 14.2 Å². The third kappa shape index (κ3) is 10.2. The summed E-state index contributed by atoms with van der Waals surface area (Å²) in [6.07, 6.45) is 0.942. The molecule has 0 unspecified atom stereocenters. The molecule has 4 heteroatoms. The van der Waals surface area contributed by atoms with E-state index >= 15 is 0 Å². The maximum Gasteiger partial charge on any atom is 0.0700 e. The van der Waals surface area contributed by atoms with Gasteiger partial charge in [-0.25, -0.2) is 0 Å². The number of thiol groups is 1. The zero-order valence-corrected chi connectivity index (χ0v) is 8.52. The molecule has 0 amide bonds. The zero-order valence-electron chi connectivity index (χ0n) is 7.62. The third-order valence-electron chi connectivity index (χ3n) is 1.24. The van der Waals surface area contributed by atoms with E-state index in [0.29, 0.717) is 13.2 Å². The number of hydrogen-bond donors (Lipinski definition) is 1. The standard InChI is InChI=1S/C8H18O3S/c1-9-5-6-10-3-2-4-11-7-8-12/h12H,2-8H2,1H3.